The number of aromatic nitrogens is 1. The Morgan fingerprint density at radius 3 is 2.44 bits per heavy atom. The van der Waals surface area contributed by atoms with Crippen molar-refractivity contribution in [3.63, 3.8) is 0 Å². The molecule has 1 amide bonds. The molecule has 0 radical (unpaired) electrons. The first-order valence-corrected chi connectivity index (χ1v) is 8.75. The van der Waals surface area contributed by atoms with E-state index < -0.39 is 0 Å². The summed E-state index contributed by atoms with van der Waals surface area (Å²) in [6, 6.07) is 16.1. The Bertz CT molecular complexity index is 971. The van der Waals surface area contributed by atoms with E-state index >= 15 is 0 Å². The lowest BCUT2D eigenvalue weighted by Gasteiger charge is -2.09. The van der Waals surface area contributed by atoms with Crippen molar-refractivity contribution in [1.82, 2.24) is 4.98 Å². The van der Waals surface area contributed by atoms with Gasteiger partial charge in [-0.15, -0.1) is 0 Å². The molecule has 0 fully saturated rings. The lowest BCUT2D eigenvalue weighted by atomic mass is 10.1. The van der Waals surface area contributed by atoms with Crippen molar-refractivity contribution in [3.8, 4) is 0 Å². The molecule has 0 aliphatic heterocycles. The fraction of sp³-hybridized carbons (Fsp3) is 0.0952. The van der Waals surface area contributed by atoms with E-state index in [0.29, 0.717) is 28.4 Å². The Morgan fingerprint density at radius 1 is 0.963 bits per heavy atom. The lowest BCUT2D eigenvalue weighted by Crippen LogP contribution is -2.13. The Hall–Kier alpha value is -3.18. The monoisotopic (exact) mass is 379 g/mol. The molecule has 0 saturated carbocycles. The van der Waals surface area contributed by atoms with Crippen molar-refractivity contribution in [2.75, 3.05) is 10.6 Å². The zero-order valence-corrected chi connectivity index (χ0v) is 15.5. The summed E-state index contributed by atoms with van der Waals surface area (Å²) in [5, 5.41) is 6.71. The molecule has 0 saturated heterocycles. The fourth-order valence-corrected chi connectivity index (χ4v) is 2.61. The fourth-order valence-electron chi connectivity index (χ4n) is 2.49. The van der Waals surface area contributed by atoms with Gasteiger partial charge in [0.15, 0.2) is 5.78 Å². The zero-order valence-electron chi connectivity index (χ0n) is 14.7. The summed E-state index contributed by atoms with van der Waals surface area (Å²) >= 11 is 5.88. The third-order valence-corrected chi connectivity index (χ3v) is 4.19. The van der Waals surface area contributed by atoms with E-state index in [1.165, 1.54) is 13.1 Å². The molecule has 0 aliphatic carbocycles. The van der Waals surface area contributed by atoms with Crippen LogP contribution < -0.4 is 10.6 Å². The molecule has 6 heteroatoms. The van der Waals surface area contributed by atoms with Crippen molar-refractivity contribution < 1.29 is 9.59 Å². The van der Waals surface area contributed by atoms with Gasteiger partial charge in [0, 0.05) is 35.2 Å². The Kier molecular flexibility index (Phi) is 5.84. The van der Waals surface area contributed by atoms with Crippen LogP contribution in [0, 0.1) is 0 Å². The van der Waals surface area contributed by atoms with Crippen LogP contribution in [0.25, 0.3) is 0 Å². The zero-order chi connectivity index (χ0) is 19.2. The molecule has 0 bridgehead atoms. The van der Waals surface area contributed by atoms with Crippen LogP contribution in [0.5, 0.6) is 0 Å². The maximum atomic E-state index is 12.5. The molecule has 5 nitrogen and oxygen atoms in total. The predicted octanol–water partition coefficient (Wildman–Crippen LogP) is 4.80. The molecule has 0 aliphatic rings. The van der Waals surface area contributed by atoms with Gasteiger partial charge in [-0.3, -0.25) is 14.6 Å². The molecular weight excluding hydrogens is 362 g/mol. The highest BCUT2D eigenvalue weighted by atomic mass is 35.5. The van der Waals surface area contributed by atoms with Crippen molar-refractivity contribution in [2.24, 2.45) is 0 Å². The second kappa shape index (κ2) is 8.47. The smallest absolute Gasteiger partial charge is 0.257 e. The van der Waals surface area contributed by atoms with Crippen molar-refractivity contribution in [3.05, 3.63) is 88.7 Å². The molecule has 136 valence electrons. The standard InChI is InChI=1S/C21H18ClN3O2/c1-14(26)16-3-2-4-19(9-16)25-21(27)17-10-20(13-23-12-17)24-11-15-5-7-18(22)8-6-15/h2-10,12-13,24H,11H2,1H3,(H,25,27). The molecule has 0 unspecified atom stereocenters. The van der Waals surface area contributed by atoms with Crippen LogP contribution in [0.1, 0.15) is 33.2 Å². The first-order chi connectivity index (χ1) is 13.0. The summed E-state index contributed by atoms with van der Waals surface area (Å²) in [5.74, 6) is -0.348. The summed E-state index contributed by atoms with van der Waals surface area (Å²) in [4.78, 5) is 28.1. The number of carbonyl (C=O) groups excluding carboxylic acids is 2. The van der Waals surface area contributed by atoms with Crippen molar-refractivity contribution in [1.29, 1.82) is 0 Å². The molecular formula is C21H18ClN3O2. The molecule has 1 heterocycles. The maximum Gasteiger partial charge on any atom is 0.257 e. The second-order valence-electron chi connectivity index (χ2n) is 6.03. The van der Waals surface area contributed by atoms with Gasteiger partial charge in [0.25, 0.3) is 5.91 Å². The van der Waals surface area contributed by atoms with Gasteiger partial charge in [-0.05, 0) is 42.8 Å². The molecule has 3 rings (SSSR count). The first-order valence-electron chi connectivity index (χ1n) is 8.37. The summed E-state index contributed by atoms with van der Waals surface area (Å²) < 4.78 is 0. The number of benzene rings is 2. The number of hydrogen-bond donors (Lipinski definition) is 2. The first kappa shape index (κ1) is 18.6. The number of carbonyl (C=O) groups is 2. The number of anilines is 2. The number of Topliss-reactive ketones (excluding diaryl/α,β-unsaturated/α-hetero) is 1. The van der Waals surface area contributed by atoms with Crippen LogP contribution in [0.4, 0.5) is 11.4 Å². The van der Waals surface area contributed by atoms with Crippen LogP contribution >= 0.6 is 11.6 Å². The van der Waals surface area contributed by atoms with E-state index in [1.54, 1.807) is 36.5 Å². The van der Waals surface area contributed by atoms with Crippen LogP contribution in [-0.2, 0) is 6.54 Å². The predicted molar refractivity (Wildman–Crippen MR) is 107 cm³/mol. The highest BCUT2D eigenvalue weighted by Crippen LogP contribution is 2.16. The minimum absolute atomic E-state index is 0.0545. The number of amides is 1. The van der Waals surface area contributed by atoms with Gasteiger partial charge in [-0.25, -0.2) is 0 Å². The van der Waals surface area contributed by atoms with Gasteiger partial charge in [0.2, 0.25) is 0 Å². The molecule has 27 heavy (non-hydrogen) atoms. The van der Waals surface area contributed by atoms with E-state index in [1.807, 2.05) is 24.3 Å². The van der Waals surface area contributed by atoms with E-state index in [0.717, 1.165) is 11.3 Å². The molecule has 0 atom stereocenters. The number of rotatable bonds is 6. The van der Waals surface area contributed by atoms with E-state index in [4.69, 9.17) is 11.6 Å². The molecule has 2 N–H and O–H groups in total. The van der Waals surface area contributed by atoms with Gasteiger partial charge >= 0.3 is 0 Å². The Morgan fingerprint density at radius 2 is 1.70 bits per heavy atom. The summed E-state index contributed by atoms with van der Waals surface area (Å²) in [7, 11) is 0. The van der Waals surface area contributed by atoms with Crippen LogP contribution in [0.15, 0.2) is 67.0 Å². The van der Waals surface area contributed by atoms with Gasteiger partial charge < -0.3 is 10.6 Å². The second-order valence-corrected chi connectivity index (χ2v) is 6.47. The van der Waals surface area contributed by atoms with Gasteiger partial charge in [0.05, 0.1) is 11.3 Å². The largest absolute Gasteiger partial charge is 0.380 e. The number of pyridine rings is 1. The van der Waals surface area contributed by atoms with Crippen LogP contribution in [0.3, 0.4) is 0 Å². The van der Waals surface area contributed by atoms with E-state index in [2.05, 4.69) is 15.6 Å². The Balaban J connectivity index is 1.67. The van der Waals surface area contributed by atoms with Gasteiger partial charge in [-0.1, -0.05) is 35.9 Å². The number of halogens is 1. The number of hydrogen-bond acceptors (Lipinski definition) is 4. The lowest BCUT2D eigenvalue weighted by molar-refractivity contribution is 0.101. The third kappa shape index (κ3) is 5.15. The Labute approximate surface area is 162 Å². The van der Waals surface area contributed by atoms with Crippen molar-refractivity contribution >= 4 is 34.7 Å². The van der Waals surface area contributed by atoms with Gasteiger partial charge in [-0.2, -0.15) is 0 Å². The summed E-state index contributed by atoms with van der Waals surface area (Å²) in [6.07, 6.45) is 3.15. The topological polar surface area (TPSA) is 71.1 Å². The minimum atomic E-state index is -0.293. The normalized spacial score (nSPS) is 10.3. The average molecular weight is 380 g/mol. The van der Waals surface area contributed by atoms with Gasteiger partial charge in [0.1, 0.15) is 0 Å². The molecule has 2 aromatic carbocycles. The minimum Gasteiger partial charge on any atom is -0.380 e. The highest BCUT2D eigenvalue weighted by molar-refractivity contribution is 6.30. The van der Waals surface area contributed by atoms with Crippen LogP contribution in [0.2, 0.25) is 5.02 Å². The number of nitrogens with zero attached hydrogens (tertiary/aromatic N) is 1. The molecule has 1 aromatic heterocycles. The quantitative estimate of drug-likeness (QED) is 0.603. The highest BCUT2D eigenvalue weighted by Gasteiger charge is 2.09. The SMILES string of the molecule is CC(=O)c1cccc(NC(=O)c2cncc(NCc3ccc(Cl)cc3)c2)c1. The molecule has 3 aromatic rings. The summed E-state index contributed by atoms with van der Waals surface area (Å²) in [5.41, 5.74) is 3.33. The van der Waals surface area contributed by atoms with E-state index in [-0.39, 0.29) is 11.7 Å². The molecule has 0 spiro atoms. The maximum absolute atomic E-state index is 12.5. The van der Waals surface area contributed by atoms with Crippen LogP contribution in [-0.4, -0.2) is 16.7 Å². The third-order valence-electron chi connectivity index (χ3n) is 3.94. The number of nitrogens with one attached hydrogen (secondary N) is 2. The van der Waals surface area contributed by atoms with E-state index in [9.17, 15) is 9.59 Å². The number of ketones is 1. The summed E-state index contributed by atoms with van der Waals surface area (Å²) in [6.45, 7) is 2.07. The van der Waals surface area contributed by atoms with Crippen molar-refractivity contribution in [2.45, 2.75) is 13.5 Å². The average Bonchev–Trinajstić information content (AvgIpc) is 2.68.